The van der Waals surface area contributed by atoms with E-state index in [1.165, 1.54) is 0 Å². The molecular weight excluding hydrogens is 494 g/mol. The summed E-state index contributed by atoms with van der Waals surface area (Å²) in [5.41, 5.74) is 13.5. The summed E-state index contributed by atoms with van der Waals surface area (Å²) in [5.74, 6) is 0.253. The predicted molar refractivity (Wildman–Crippen MR) is 130 cm³/mol. The maximum atomic E-state index is 6.00. The zero-order valence-electron chi connectivity index (χ0n) is 15.2. The zero-order chi connectivity index (χ0) is 20.4. The van der Waals surface area contributed by atoms with Crippen molar-refractivity contribution in [3.05, 3.63) is 81.7 Å². The van der Waals surface area contributed by atoms with Gasteiger partial charge in [-0.25, -0.2) is 4.99 Å². The van der Waals surface area contributed by atoms with E-state index in [9.17, 15) is 0 Å². The molecule has 0 saturated carbocycles. The number of nitrogens with one attached hydrogen (secondary N) is 1. The number of anilines is 1. The van der Waals surface area contributed by atoms with Crippen molar-refractivity contribution in [2.24, 2.45) is 21.5 Å². The molecule has 5 N–H and O–H groups in total. The standard InChI is InChI=1S/C22H17Br2N5/c23-17-5-1-15-11-19(7-3-13(15)9-17)27-21(25)29-22(26)28-20-8-4-14-10-18(24)6-2-16(14)12-20/h1-12H,(H5,25,26,27,28,29). The van der Waals surface area contributed by atoms with Gasteiger partial charge in [0.25, 0.3) is 0 Å². The van der Waals surface area contributed by atoms with E-state index in [1.807, 2.05) is 60.7 Å². The van der Waals surface area contributed by atoms with Gasteiger partial charge in [-0.3, -0.25) is 0 Å². The topological polar surface area (TPSA) is 88.8 Å². The van der Waals surface area contributed by atoms with E-state index in [0.717, 1.165) is 36.2 Å². The van der Waals surface area contributed by atoms with Gasteiger partial charge < -0.3 is 16.8 Å². The highest BCUT2D eigenvalue weighted by Gasteiger charge is 2.01. The third-order valence-electron chi connectivity index (χ3n) is 4.34. The number of halogens is 2. The quantitative estimate of drug-likeness (QED) is 0.232. The Labute approximate surface area is 184 Å². The number of aliphatic imine (C=N–C) groups is 2. The number of fused-ring (bicyclic) bond motifs is 2. The molecule has 0 bridgehead atoms. The smallest absolute Gasteiger partial charge is 0.223 e. The molecule has 5 nitrogen and oxygen atoms in total. The average Bonchev–Trinajstić information content (AvgIpc) is 2.68. The van der Waals surface area contributed by atoms with Crippen LogP contribution in [0, 0.1) is 0 Å². The molecular formula is C22H17Br2N5. The molecule has 0 radical (unpaired) electrons. The minimum Gasteiger partial charge on any atom is -0.369 e. The van der Waals surface area contributed by atoms with Crippen LogP contribution in [0.2, 0.25) is 0 Å². The zero-order valence-corrected chi connectivity index (χ0v) is 18.4. The molecule has 0 saturated heterocycles. The van der Waals surface area contributed by atoms with Gasteiger partial charge in [0.2, 0.25) is 11.9 Å². The first-order chi connectivity index (χ1) is 14.0. The normalized spacial score (nSPS) is 12.5. The van der Waals surface area contributed by atoms with Crippen LogP contribution in [0.3, 0.4) is 0 Å². The van der Waals surface area contributed by atoms with Crippen LogP contribution in [0.4, 0.5) is 11.4 Å². The molecule has 29 heavy (non-hydrogen) atoms. The van der Waals surface area contributed by atoms with Crippen molar-refractivity contribution in [3.63, 3.8) is 0 Å². The second-order valence-electron chi connectivity index (χ2n) is 6.47. The van der Waals surface area contributed by atoms with E-state index in [4.69, 9.17) is 11.5 Å². The molecule has 0 fully saturated rings. The Bertz CT molecular complexity index is 1280. The highest BCUT2D eigenvalue weighted by atomic mass is 79.9. The SMILES string of the molecule is NC(=Nc1ccc2cc(Br)ccc2c1)/N=C(\N)Nc1ccc2cc(Br)ccc2c1. The lowest BCUT2D eigenvalue weighted by atomic mass is 10.1. The summed E-state index contributed by atoms with van der Waals surface area (Å²) in [6, 6.07) is 23.9. The number of hydrogen-bond donors (Lipinski definition) is 3. The summed E-state index contributed by atoms with van der Waals surface area (Å²) in [7, 11) is 0. The minimum absolute atomic E-state index is 0.0798. The van der Waals surface area contributed by atoms with Crippen molar-refractivity contribution >= 4 is 76.7 Å². The first kappa shape index (κ1) is 19.4. The number of guanidine groups is 2. The summed E-state index contributed by atoms with van der Waals surface area (Å²) >= 11 is 6.95. The molecule has 0 aliphatic carbocycles. The van der Waals surface area contributed by atoms with Gasteiger partial charge in [-0.05, 0) is 70.1 Å². The van der Waals surface area contributed by atoms with Gasteiger partial charge in [0.15, 0.2) is 0 Å². The molecule has 0 atom stereocenters. The minimum atomic E-state index is 0.0798. The Balaban J connectivity index is 1.53. The summed E-state index contributed by atoms with van der Waals surface area (Å²) in [6.45, 7) is 0. The van der Waals surface area contributed by atoms with Crippen LogP contribution in [0.5, 0.6) is 0 Å². The maximum absolute atomic E-state index is 6.00. The van der Waals surface area contributed by atoms with E-state index < -0.39 is 0 Å². The Hall–Kier alpha value is -2.90. The second kappa shape index (κ2) is 8.23. The van der Waals surface area contributed by atoms with Gasteiger partial charge in [0.1, 0.15) is 0 Å². The molecule has 4 rings (SSSR count). The molecule has 144 valence electrons. The van der Waals surface area contributed by atoms with Crippen molar-refractivity contribution in [2.75, 3.05) is 5.32 Å². The van der Waals surface area contributed by atoms with Crippen LogP contribution in [0.25, 0.3) is 21.5 Å². The van der Waals surface area contributed by atoms with Crippen molar-refractivity contribution < 1.29 is 0 Å². The fourth-order valence-corrected chi connectivity index (χ4v) is 3.78. The van der Waals surface area contributed by atoms with Crippen LogP contribution in [-0.2, 0) is 0 Å². The van der Waals surface area contributed by atoms with Crippen molar-refractivity contribution in [1.82, 2.24) is 0 Å². The number of nitrogens with two attached hydrogens (primary N) is 2. The van der Waals surface area contributed by atoms with Crippen LogP contribution in [-0.4, -0.2) is 11.9 Å². The number of hydrogen-bond acceptors (Lipinski definition) is 1. The van der Waals surface area contributed by atoms with Crippen molar-refractivity contribution in [2.45, 2.75) is 0 Å². The molecule has 7 heteroatoms. The molecule has 4 aromatic carbocycles. The fourth-order valence-electron chi connectivity index (χ4n) is 3.02. The summed E-state index contributed by atoms with van der Waals surface area (Å²) in [5, 5.41) is 7.46. The molecule has 0 amide bonds. The van der Waals surface area contributed by atoms with Gasteiger partial charge in [-0.15, -0.1) is 0 Å². The number of nitrogens with zero attached hydrogens (tertiary/aromatic N) is 2. The fraction of sp³-hybridized carbons (Fsp3) is 0. The van der Waals surface area contributed by atoms with Crippen LogP contribution >= 0.6 is 31.9 Å². The Kier molecular flexibility index (Phi) is 5.51. The second-order valence-corrected chi connectivity index (χ2v) is 8.31. The number of benzene rings is 4. The third-order valence-corrected chi connectivity index (χ3v) is 5.33. The number of rotatable bonds is 2. The molecule has 0 unspecified atom stereocenters. The average molecular weight is 511 g/mol. The van der Waals surface area contributed by atoms with Crippen LogP contribution in [0.15, 0.2) is 91.7 Å². The molecule has 0 heterocycles. The van der Waals surface area contributed by atoms with Crippen LogP contribution in [0.1, 0.15) is 0 Å². The van der Waals surface area contributed by atoms with E-state index in [0.29, 0.717) is 5.69 Å². The van der Waals surface area contributed by atoms with Crippen molar-refractivity contribution in [3.8, 4) is 0 Å². The highest BCUT2D eigenvalue weighted by molar-refractivity contribution is 9.10. The predicted octanol–water partition coefficient (Wildman–Crippen LogP) is 5.89. The van der Waals surface area contributed by atoms with Gasteiger partial charge in [-0.2, -0.15) is 4.99 Å². The first-order valence-corrected chi connectivity index (χ1v) is 10.4. The lowest BCUT2D eigenvalue weighted by molar-refractivity contribution is 1.40. The first-order valence-electron chi connectivity index (χ1n) is 8.80. The summed E-state index contributed by atoms with van der Waals surface area (Å²) < 4.78 is 2.07. The maximum Gasteiger partial charge on any atom is 0.223 e. The van der Waals surface area contributed by atoms with Crippen LogP contribution < -0.4 is 16.8 Å². The van der Waals surface area contributed by atoms with Gasteiger partial charge in [-0.1, -0.05) is 56.1 Å². The van der Waals surface area contributed by atoms with E-state index >= 15 is 0 Å². The lowest BCUT2D eigenvalue weighted by Crippen LogP contribution is -2.26. The lowest BCUT2D eigenvalue weighted by Gasteiger charge is -2.07. The summed E-state index contributed by atoms with van der Waals surface area (Å²) in [4.78, 5) is 8.49. The van der Waals surface area contributed by atoms with Gasteiger partial charge in [0, 0.05) is 14.6 Å². The molecule has 4 aromatic rings. The molecule has 0 aliphatic heterocycles. The van der Waals surface area contributed by atoms with Crippen molar-refractivity contribution in [1.29, 1.82) is 0 Å². The largest absolute Gasteiger partial charge is 0.369 e. The van der Waals surface area contributed by atoms with Gasteiger partial charge >= 0.3 is 0 Å². The monoisotopic (exact) mass is 509 g/mol. The Morgan fingerprint density at radius 2 is 1.24 bits per heavy atom. The third kappa shape index (κ3) is 4.75. The highest BCUT2D eigenvalue weighted by Crippen LogP contribution is 2.25. The Morgan fingerprint density at radius 1 is 0.690 bits per heavy atom. The van der Waals surface area contributed by atoms with E-state index in [2.05, 4.69) is 59.3 Å². The van der Waals surface area contributed by atoms with E-state index in [-0.39, 0.29) is 11.9 Å². The molecule has 0 aliphatic rings. The molecule has 0 spiro atoms. The molecule has 0 aromatic heterocycles. The summed E-state index contributed by atoms with van der Waals surface area (Å²) in [6.07, 6.45) is 0. The van der Waals surface area contributed by atoms with Gasteiger partial charge in [0.05, 0.1) is 5.69 Å². The Morgan fingerprint density at radius 3 is 1.93 bits per heavy atom. The van der Waals surface area contributed by atoms with E-state index in [1.54, 1.807) is 0 Å².